The van der Waals surface area contributed by atoms with Crippen LogP contribution in [0.5, 0.6) is 6.01 Å². The maximum absolute atomic E-state index is 13.3. The number of piperazine rings is 1. The molecule has 1 aromatic heterocycles. The van der Waals surface area contributed by atoms with E-state index < -0.39 is 45.0 Å². The molecule has 0 atom stereocenters. The molecule has 262 valence electrons. The topological polar surface area (TPSA) is 159 Å². The predicted octanol–water partition coefficient (Wildman–Crippen LogP) is 4.07. The van der Waals surface area contributed by atoms with Crippen LogP contribution in [0.25, 0.3) is 0 Å². The summed E-state index contributed by atoms with van der Waals surface area (Å²) in [7, 11) is -4.01. The maximum atomic E-state index is 13.3. The van der Waals surface area contributed by atoms with Gasteiger partial charge in [-0.25, -0.2) is 13.1 Å². The molecule has 18 heteroatoms. The van der Waals surface area contributed by atoms with E-state index in [9.17, 15) is 31.2 Å². The fourth-order valence-electron chi connectivity index (χ4n) is 5.68. The van der Waals surface area contributed by atoms with Crippen LogP contribution in [0.3, 0.4) is 0 Å². The molecule has 0 radical (unpaired) electrons. The molecule has 0 unspecified atom stereocenters. The first kappa shape index (κ1) is 34.6. The molecule has 1 aliphatic heterocycles. The quantitative estimate of drug-likeness (QED) is 0.248. The number of nitrogens with one attached hydrogen (secondary N) is 3. The number of hydrogen-bond acceptors (Lipinski definition) is 11. The van der Waals surface area contributed by atoms with Gasteiger partial charge in [0.1, 0.15) is 4.75 Å². The Bertz CT molecular complexity index is 1810. The van der Waals surface area contributed by atoms with E-state index in [0.717, 1.165) is 18.4 Å². The summed E-state index contributed by atoms with van der Waals surface area (Å²) < 4.78 is 71.3. The van der Waals surface area contributed by atoms with Crippen LogP contribution in [0.2, 0.25) is 5.02 Å². The van der Waals surface area contributed by atoms with Gasteiger partial charge in [-0.15, -0.1) is 0 Å². The highest BCUT2D eigenvalue weighted by atomic mass is 35.5. The fraction of sp³-hybridized carbons (Fsp3) is 0.452. The molecule has 1 saturated heterocycles. The van der Waals surface area contributed by atoms with Gasteiger partial charge in [-0.1, -0.05) is 23.7 Å². The Morgan fingerprint density at radius 3 is 2.12 bits per heavy atom. The Morgan fingerprint density at radius 1 is 0.918 bits per heavy atom. The van der Waals surface area contributed by atoms with E-state index in [2.05, 4.69) is 30.3 Å². The summed E-state index contributed by atoms with van der Waals surface area (Å²) in [5.74, 6) is -0.960. The molecular formula is C31H34ClF3N8O5S. The van der Waals surface area contributed by atoms with Gasteiger partial charge in [0.2, 0.25) is 27.8 Å². The minimum absolute atomic E-state index is 0.0157. The number of rotatable bonds is 12. The molecule has 3 fully saturated rings. The highest BCUT2D eigenvalue weighted by Crippen LogP contribution is 2.48. The van der Waals surface area contributed by atoms with Gasteiger partial charge in [0.05, 0.1) is 5.54 Å². The van der Waals surface area contributed by atoms with Crippen molar-refractivity contribution in [2.24, 2.45) is 0 Å². The first-order valence-electron chi connectivity index (χ1n) is 15.6. The van der Waals surface area contributed by atoms with Crippen molar-refractivity contribution in [1.29, 1.82) is 0 Å². The second kappa shape index (κ2) is 13.2. The van der Waals surface area contributed by atoms with Crippen molar-refractivity contribution < 1.29 is 35.9 Å². The molecule has 3 aliphatic rings. The second-order valence-electron chi connectivity index (χ2n) is 12.5. The van der Waals surface area contributed by atoms with E-state index in [-0.39, 0.29) is 29.9 Å². The maximum Gasteiger partial charge on any atom is 0.422 e. The van der Waals surface area contributed by atoms with Gasteiger partial charge in [-0.3, -0.25) is 14.5 Å². The molecule has 2 aromatic carbocycles. The summed E-state index contributed by atoms with van der Waals surface area (Å²) in [6, 6.07) is 12.4. The van der Waals surface area contributed by atoms with Crippen molar-refractivity contribution in [1.82, 2.24) is 29.5 Å². The van der Waals surface area contributed by atoms with Crippen LogP contribution in [0.15, 0.2) is 48.5 Å². The first-order valence-corrected chi connectivity index (χ1v) is 17.4. The van der Waals surface area contributed by atoms with Gasteiger partial charge in [0.25, 0.3) is 5.91 Å². The van der Waals surface area contributed by atoms with Gasteiger partial charge in [-0.05, 0) is 67.6 Å². The lowest BCUT2D eigenvalue weighted by Gasteiger charge is -2.36. The summed E-state index contributed by atoms with van der Waals surface area (Å²) in [5, 5.41) is 6.63. The average molecular weight is 723 g/mol. The summed E-state index contributed by atoms with van der Waals surface area (Å²) in [4.78, 5) is 40.7. The number of aromatic nitrogens is 3. The van der Waals surface area contributed by atoms with Crippen molar-refractivity contribution in [2.45, 2.75) is 49.1 Å². The Kier molecular flexibility index (Phi) is 9.36. The van der Waals surface area contributed by atoms with Gasteiger partial charge in [0.15, 0.2) is 6.61 Å². The zero-order chi connectivity index (χ0) is 35.0. The number of ether oxygens (including phenoxy) is 1. The third-order valence-corrected chi connectivity index (χ3v) is 11.2. The molecule has 3 aromatic rings. The number of nitrogens with zero attached hydrogens (tertiary/aromatic N) is 5. The molecule has 0 spiro atoms. The SMILES string of the molecule is CC(=O)N1CCN(CC2(S(=O)(=O)NC(=O)c3ccc(Nc4nc(NC5(c6ccc(Cl)cc6)CC5)nc(OCC(F)(F)F)n4)cc3)CC2)CC1. The highest BCUT2D eigenvalue weighted by molar-refractivity contribution is 7.91. The van der Waals surface area contributed by atoms with E-state index in [1.165, 1.54) is 31.2 Å². The lowest BCUT2D eigenvalue weighted by molar-refractivity contribution is -0.154. The molecule has 49 heavy (non-hydrogen) atoms. The number of sulfonamides is 1. The van der Waals surface area contributed by atoms with Gasteiger partial charge >= 0.3 is 12.2 Å². The second-order valence-corrected chi connectivity index (χ2v) is 15.0. The first-order chi connectivity index (χ1) is 23.1. The Balaban J connectivity index is 1.12. The van der Waals surface area contributed by atoms with Crippen LogP contribution in [0.1, 0.15) is 48.5 Å². The fourth-order valence-corrected chi connectivity index (χ4v) is 7.37. The zero-order valence-electron chi connectivity index (χ0n) is 26.4. The average Bonchev–Trinajstić information content (AvgIpc) is 3.98. The Labute approximate surface area is 285 Å². The highest BCUT2D eigenvalue weighted by Gasteiger charge is 2.56. The molecule has 2 saturated carbocycles. The normalized spacial score (nSPS) is 18.3. The van der Waals surface area contributed by atoms with Crippen molar-refractivity contribution in [3.05, 3.63) is 64.7 Å². The van der Waals surface area contributed by atoms with Gasteiger partial charge < -0.3 is 20.3 Å². The minimum atomic E-state index is -4.62. The zero-order valence-corrected chi connectivity index (χ0v) is 28.0. The molecular weight excluding hydrogens is 689 g/mol. The van der Waals surface area contributed by atoms with Gasteiger partial charge in [-0.2, -0.15) is 28.1 Å². The standard InChI is InChI=1S/C31H34ClF3N8O5S/c1-20(44)43-16-14-42(15-17-43)18-29(10-11-29)49(46,47)41-25(45)21-2-8-24(9-3-21)36-26-37-27(39-28(38-26)48-19-31(33,34)35)40-30(12-13-30)22-4-6-23(32)7-5-22/h2-9H,10-19H2,1H3,(H,41,45)(H2,36,37,38,39,40). The van der Waals surface area contributed by atoms with E-state index >= 15 is 0 Å². The van der Waals surface area contributed by atoms with Crippen LogP contribution in [0.4, 0.5) is 30.8 Å². The molecule has 3 N–H and O–H groups in total. The summed E-state index contributed by atoms with van der Waals surface area (Å²) in [5.41, 5.74) is 0.801. The van der Waals surface area contributed by atoms with Crippen molar-refractivity contribution in [3.8, 4) is 6.01 Å². The number of amides is 2. The number of anilines is 3. The van der Waals surface area contributed by atoms with Crippen molar-refractivity contribution >= 4 is 51.0 Å². The van der Waals surface area contributed by atoms with Crippen molar-refractivity contribution in [2.75, 3.05) is 50.0 Å². The van der Waals surface area contributed by atoms with E-state index in [1.807, 2.05) is 17.0 Å². The Hall–Kier alpha value is -4.22. The number of benzene rings is 2. The number of halogens is 4. The minimum Gasteiger partial charge on any atom is -0.454 e. The molecule has 2 amide bonds. The van der Waals surface area contributed by atoms with Crippen LogP contribution in [0, 0.1) is 0 Å². The van der Waals surface area contributed by atoms with Crippen LogP contribution in [-0.4, -0.2) is 95.2 Å². The number of carbonyl (C=O) groups is 2. The molecule has 13 nitrogen and oxygen atoms in total. The number of carbonyl (C=O) groups excluding carboxylic acids is 2. The van der Waals surface area contributed by atoms with Crippen LogP contribution < -0.4 is 20.1 Å². The summed E-state index contributed by atoms with van der Waals surface area (Å²) >= 11 is 6.02. The largest absolute Gasteiger partial charge is 0.454 e. The number of alkyl halides is 3. The third-order valence-electron chi connectivity index (χ3n) is 8.82. The van der Waals surface area contributed by atoms with E-state index in [0.29, 0.717) is 49.7 Å². The smallest absolute Gasteiger partial charge is 0.422 e. The third kappa shape index (κ3) is 8.33. The van der Waals surface area contributed by atoms with Gasteiger partial charge in [0, 0.05) is 55.9 Å². The molecule has 0 bridgehead atoms. The van der Waals surface area contributed by atoms with Crippen LogP contribution >= 0.6 is 11.6 Å². The summed E-state index contributed by atoms with van der Waals surface area (Å²) in [6.45, 7) is 2.31. The van der Waals surface area contributed by atoms with E-state index in [4.69, 9.17) is 16.3 Å². The molecule has 2 aliphatic carbocycles. The van der Waals surface area contributed by atoms with Crippen molar-refractivity contribution in [3.63, 3.8) is 0 Å². The lowest BCUT2D eigenvalue weighted by Crippen LogP contribution is -2.53. The number of hydrogen-bond donors (Lipinski definition) is 3. The summed E-state index contributed by atoms with van der Waals surface area (Å²) in [6.07, 6.45) is -2.34. The van der Waals surface area contributed by atoms with Crippen LogP contribution in [-0.2, 0) is 20.4 Å². The molecule has 6 rings (SSSR count). The Morgan fingerprint density at radius 2 is 1.55 bits per heavy atom. The predicted molar refractivity (Wildman–Crippen MR) is 174 cm³/mol. The lowest BCUT2D eigenvalue weighted by atomic mass is 10.1. The monoisotopic (exact) mass is 722 g/mol. The van der Waals surface area contributed by atoms with E-state index in [1.54, 1.807) is 17.0 Å². The molecule has 2 heterocycles.